The third kappa shape index (κ3) is 1.79. The summed E-state index contributed by atoms with van der Waals surface area (Å²) in [6.07, 6.45) is 3.43. The van der Waals surface area contributed by atoms with Crippen LogP contribution in [0.25, 0.3) is 10.2 Å². The molecule has 0 atom stereocenters. The summed E-state index contributed by atoms with van der Waals surface area (Å²) in [5.41, 5.74) is 2.07. The zero-order chi connectivity index (χ0) is 13.7. The van der Waals surface area contributed by atoms with Crippen LogP contribution in [-0.4, -0.2) is 33.1 Å². The molecule has 7 heteroatoms. The highest BCUT2D eigenvalue weighted by atomic mass is 35.5. The van der Waals surface area contributed by atoms with Crippen molar-refractivity contribution in [3.8, 4) is 0 Å². The van der Waals surface area contributed by atoms with Crippen LogP contribution in [0.4, 0.5) is 5.13 Å². The predicted octanol–water partition coefficient (Wildman–Crippen LogP) is 2.91. The molecule has 0 spiro atoms. The lowest BCUT2D eigenvalue weighted by Gasteiger charge is -2.37. The van der Waals surface area contributed by atoms with Crippen LogP contribution in [0, 0.1) is 6.92 Å². The smallest absolute Gasteiger partial charge is 0.186 e. The van der Waals surface area contributed by atoms with Crippen molar-refractivity contribution in [3.05, 3.63) is 35.1 Å². The second kappa shape index (κ2) is 4.43. The molecule has 1 aliphatic heterocycles. The van der Waals surface area contributed by atoms with Crippen LogP contribution >= 0.6 is 22.9 Å². The lowest BCUT2D eigenvalue weighted by atomic mass is 10.1. The molecule has 0 N–H and O–H groups in total. The quantitative estimate of drug-likeness (QED) is 0.730. The van der Waals surface area contributed by atoms with Crippen LogP contribution in [0.1, 0.15) is 11.6 Å². The molecule has 1 aromatic carbocycles. The Kier molecular flexibility index (Phi) is 2.68. The van der Waals surface area contributed by atoms with Crippen LogP contribution in [0.15, 0.2) is 24.5 Å². The Morgan fingerprint density at radius 2 is 2.00 bits per heavy atom. The zero-order valence-corrected chi connectivity index (χ0v) is 12.4. The first kappa shape index (κ1) is 12.1. The Hall–Kier alpha value is -1.66. The van der Waals surface area contributed by atoms with Gasteiger partial charge in [-0.1, -0.05) is 22.9 Å². The number of hydrogen-bond donors (Lipinski definition) is 0. The van der Waals surface area contributed by atoms with E-state index in [9.17, 15) is 0 Å². The van der Waals surface area contributed by atoms with Gasteiger partial charge in [-0.15, -0.1) is 0 Å². The number of rotatable bonds is 2. The Bertz CT molecular complexity index is 761. The largest absolute Gasteiger partial charge is 0.343 e. The molecule has 0 bridgehead atoms. The first-order valence-electron chi connectivity index (χ1n) is 6.39. The van der Waals surface area contributed by atoms with Gasteiger partial charge < -0.3 is 4.90 Å². The maximum Gasteiger partial charge on any atom is 0.186 e. The highest BCUT2D eigenvalue weighted by molar-refractivity contribution is 7.22. The normalized spacial score (nSPS) is 15.8. The van der Waals surface area contributed by atoms with E-state index < -0.39 is 0 Å². The van der Waals surface area contributed by atoms with Crippen LogP contribution in [0.2, 0.25) is 5.02 Å². The molecule has 0 amide bonds. The summed E-state index contributed by atoms with van der Waals surface area (Å²) in [6, 6.07) is 4.33. The van der Waals surface area contributed by atoms with Gasteiger partial charge in [0.2, 0.25) is 0 Å². The summed E-state index contributed by atoms with van der Waals surface area (Å²) < 4.78 is 1.18. The Balaban J connectivity index is 1.60. The molecule has 1 aliphatic rings. The van der Waals surface area contributed by atoms with E-state index in [4.69, 9.17) is 16.6 Å². The van der Waals surface area contributed by atoms with Crippen molar-refractivity contribution in [1.82, 2.24) is 20.0 Å². The lowest BCUT2D eigenvalue weighted by molar-refractivity contribution is 0.332. The fraction of sp³-hybridized carbons (Fsp3) is 0.308. The standard InChI is InChI=1S/C13H12ClN5S/c1-8-10(14)2-3-11-12(8)17-13(20-11)18-6-9(7-18)19-15-4-5-16-19/h2-5,9H,6-7H2,1H3. The van der Waals surface area contributed by atoms with Crippen molar-refractivity contribution in [2.75, 3.05) is 18.0 Å². The van der Waals surface area contributed by atoms with Gasteiger partial charge in [-0.05, 0) is 24.6 Å². The van der Waals surface area contributed by atoms with Crippen LogP contribution in [0.3, 0.4) is 0 Å². The molecular weight excluding hydrogens is 294 g/mol. The molecule has 0 unspecified atom stereocenters. The molecule has 20 heavy (non-hydrogen) atoms. The SMILES string of the molecule is Cc1c(Cl)ccc2sc(N3CC(n4nccn4)C3)nc12. The molecule has 0 saturated carbocycles. The number of fused-ring (bicyclic) bond motifs is 1. The van der Waals surface area contributed by atoms with E-state index in [-0.39, 0.29) is 0 Å². The molecule has 0 radical (unpaired) electrons. The second-order valence-electron chi connectivity index (χ2n) is 4.92. The predicted molar refractivity (Wildman–Crippen MR) is 80.6 cm³/mol. The number of aromatic nitrogens is 4. The van der Waals surface area contributed by atoms with E-state index in [2.05, 4.69) is 15.1 Å². The Morgan fingerprint density at radius 3 is 2.75 bits per heavy atom. The van der Waals surface area contributed by atoms with Crippen LogP contribution < -0.4 is 4.90 Å². The Labute approximate surface area is 124 Å². The second-order valence-corrected chi connectivity index (χ2v) is 6.34. The monoisotopic (exact) mass is 305 g/mol. The third-order valence-electron chi connectivity index (χ3n) is 3.63. The zero-order valence-electron chi connectivity index (χ0n) is 10.8. The molecule has 4 rings (SSSR count). The van der Waals surface area contributed by atoms with Crippen molar-refractivity contribution in [3.63, 3.8) is 0 Å². The molecule has 5 nitrogen and oxygen atoms in total. The van der Waals surface area contributed by atoms with E-state index in [1.807, 2.05) is 19.1 Å². The number of benzene rings is 1. The van der Waals surface area contributed by atoms with Crippen molar-refractivity contribution >= 4 is 38.3 Å². The molecule has 3 heterocycles. The van der Waals surface area contributed by atoms with E-state index in [0.717, 1.165) is 34.3 Å². The van der Waals surface area contributed by atoms with Gasteiger partial charge in [0.1, 0.15) is 6.04 Å². The van der Waals surface area contributed by atoms with E-state index in [1.54, 1.807) is 28.5 Å². The fourth-order valence-corrected chi connectivity index (χ4v) is 3.59. The van der Waals surface area contributed by atoms with Crippen molar-refractivity contribution in [2.45, 2.75) is 13.0 Å². The Morgan fingerprint density at radius 1 is 1.25 bits per heavy atom. The summed E-state index contributed by atoms with van der Waals surface area (Å²) in [5.74, 6) is 0. The first-order valence-corrected chi connectivity index (χ1v) is 7.58. The molecule has 3 aromatic rings. The van der Waals surface area contributed by atoms with Gasteiger partial charge in [0.25, 0.3) is 0 Å². The van der Waals surface area contributed by atoms with E-state index >= 15 is 0 Å². The van der Waals surface area contributed by atoms with Crippen molar-refractivity contribution in [1.29, 1.82) is 0 Å². The maximum absolute atomic E-state index is 6.15. The number of nitrogens with zero attached hydrogens (tertiary/aromatic N) is 5. The number of hydrogen-bond acceptors (Lipinski definition) is 5. The van der Waals surface area contributed by atoms with Gasteiger partial charge in [-0.25, -0.2) is 4.98 Å². The summed E-state index contributed by atoms with van der Waals surface area (Å²) in [5, 5.41) is 10.2. The van der Waals surface area contributed by atoms with Gasteiger partial charge in [-0.3, -0.25) is 0 Å². The maximum atomic E-state index is 6.15. The molecule has 102 valence electrons. The molecule has 0 aliphatic carbocycles. The number of aryl methyl sites for hydroxylation is 1. The number of anilines is 1. The average molecular weight is 306 g/mol. The minimum atomic E-state index is 0.349. The molecule has 1 saturated heterocycles. The van der Waals surface area contributed by atoms with Gasteiger partial charge in [0.05, 0.1) is 22.6 Å². The summed E-state index contributed by atoms with van der Waals surface area (Å²) in [4.78, 5) is 8.75. The van der Waals surface area contributed by atoms with E-state index in [1.165, 1.54) is 4.70 Å². The minimum absolute atomic E-state index is 0.349. The summed E-state index contributed by atoms with van der Waals surface area (Å²) in [7, 11) is 0. The van der Waals surface area contributed by atoms with E-state index in [0.29, 0.717) is 6.04 Å². The average Bonchev–Trinajstić information content (AvgIpc) is 3.02. The topological polar surface area (TPSA) is 46.8 Å². The lowest BCUT2D eigenvalue weighted by Crippen LogP contribution is -2.48. The summed E-state index contributed by atoms with van der Waals surface area (Å²) >= 11 is 7.86. The first-order chi connectivity index (χ1) is 9.72. The molecule has 1 fully saturated rings. The van der Waals surface area contributed by atoms with Crippen molar-refractivity contribution in [2.24, 2.45) is 0 Å². The highest BCUT2D eigenvalue weighted by Crippen LogP contribution is 2.36. The van der Waals surface area contributed by atoms with Crippen molar-refractivity contribution < 1.29 is 0 Å². The molecular formula is C13H12ClN5S. The van der Waals surface area contributed by atoms with Gasteiger partial charge in [-0.2, -0.15) is 15.0 Å². The highest BCUT2D eigenvalue weighted by Gasteiger charge is 2.31. The number of halogens is 1. The summed E-state index contributed by atoms with van der Waals surface area (Å²) in [6.45, 7) is 3.82. The third-order valence-corrected chi connectivity index (χ3v) is 5.12. The fourth-order valence-electron chi connectivity index (χ4n) is 2.40. The van der Waals surface area contributed by atoms with Crippen LogP contribution in [0.5, 0.6) is 0 Å². The number of thiazole rings is 1. The van der Waals surface area contributed by atoms with Gasteiger partial charge in [0, 0.05) is 18.1 Å². The van der Waals surface area contributed by atoms with Gasteiger partial charge >= 0.3 is 0 Å². The molecule has 2 aromatic heterocycles. The minimum Gasteiger partial charge on any atom is -0.343 e. The van der Waals surface area contributed by atoms with Gasteiger partial charge in [0.15, 0.2) is 5.13 Å². The van der Waals surface area contributed by atoms with Crippen LogP contribution in [-0.2, 0) is 0 Å².